The summed E-state index contributed by atoms with van der Waals surface area (Å²) < 4.78 is 81.6. The fraction of sp³-hybridized carbons (Fsp3) is 0.321. The van der Waals surface area contributed by atoms with E-state index in [-0.39, 0.29) is 58.8 Å². The fourth-order valence-electron chi connectivity index (χ4n) is 7.56. The third-order valence-corrected chi connectivity index (χ3v) is 18.6. The van der Waals surface area contributed by atoms with E-state index in [2.05, 4.69) is 33.3 Å². The SMILES string of the molecule is CCOC(=O)CCCn1c(=S)sc2c(-c3ccc(-c4ccc([N+](=O)[O-])cc4)o3)snc21.CCOC(=O)CCCn1c(=S)sc2c(C)snc21.CCOC(=O)CCCn1c(=S)sc2c(N)snc21.O=CC(F)(F)F.O=N[O-].O=[N+]([O-])c1ccc(-c2ccco2)cc1.[Cl][Cu][Cl].[Na+]. The first-order valence-electron chi connectivity index (χ1n) is 26.5. The molecule has 10 aromatic rings. The van der Waals surface area contributed by atoms with E-state index in [0.717, 1.165) is 81.7 Å². The summed E-state index contributed by atoms with van der Waals surface area (Å²) in [4.78, 5) is 73.2. The van der Waals surface area contributed by atoms with E-state index >= 15 is 0 Å². The molecule has 8 aromatic heterocycles. The molecule has 2 aromatic carbocycles. The number of aryl methyl sites for hydroxylation is 4. The van der Waals surface area contributed by atoms with Gasteiger partial charge in [-0.1, -0.05) is 11.3 Å². The van der Waals surface area contributed by atoms with Crippen LogP contribution in [0.2, 0.25) is 0 Å². The van der Waals surface area contributed by atoms with E-state index < -0.39 is 22.3 Å². The summed E-state index contributed by atoms with van der Waals surface area (Å²) in [5.74, 6) is 1.45. The second-order valence-electron chi connectivity index (χ2n) is 17.6. The summed E-state index contributed by atoms with van der Waals surface area (Å²) in [5, 5.41) is 30.9. The van der Waals surface area contributed by atoms with Crippen molar-refractivity contribution in [1.29, 1.82) is 0 Å². The van der Waals surface area contributed by atoms with Crippen LogP contribution in [0.25, 0.3) is 64.3 Å². The van der Waals surface area contributed by atoms with Crippen LogP contribution in [0.3, 0.4) is 0 Å². The normalized spacial score (nSPS) is 10.4. The van der Waals surface area contributed by atoms with Crippen molar-refractivity contribution >= 4 is 197 Å². The molecule has 0 atom stereocenters. The number of aldehydes is 1. The first-order chi connectivity index (χ1) is 44.4. The van der Waals surface area contributed by atoms with Gasteiger partial charge < -0.3 is 52.6 Å². The number of carbonyl (C=O) groups is 4. The van der Waals surface area contributed by atoms with Crippen molar-refractivity contribution in [1.82, 2.24) is 26.8 Å². The second kappa shape index (κ2) is 42.7. The van der Waals surface area contributed by atoms with E-state index in [1.54, 1.807) is 67.8 Å². The number of hydrogen-bond acceptors (Lipinski definition) is 29. The molecule has 0 aliphatic carbocycles. The van der Waals surface area contributed by atoms with Gasteiger partial charge in [-0.15, -0.1) is 28.0 Å². The van der Waals surface area contributed by atoms with Crippen molar-refractivity contribution in [3.8, 4) is 33.3 Å². The first kappa shape index (κ1) is 82.4. The average molecular weight is 1570 g/mol. The van der Waals surface area contributed by atoms with Gasteiger partial charge in [0.1, 0.15) is 31.9 Å². The number of carbonyl (C=O) groups excluding carboxylic acids is 4. The predicted molar refractivity (Wildman–Crippen MR) is 359 cm³/mol. The molecule has 8 heterocycles. The summed E-state index contributed by atoms with van der Waals surface area (Å²) in [6.07, 6.45) is -0.935. The maximum Gasteiger partial charge on any atom is 1.00 e. The zero-order valence-electron chi connectivity index (χ0n) is 49.7. The maximum absolute atomic E-state index is 11.6. The molecule has 94 heavy (non-hydrogen) atoms. The van der Waals surface area contributed by atoms with Gasteiger partial charge in [0.05, 0.1) is 45.3 Å². The van der Waals surface area contributed by atoms with E-state index in [0.29, 0.717) is 91.3 Å². The number of nitrogens with zero attached hydrogens (tertiary/aromatic N) is 9. The molecular formula is C53H52Cl2CuF3N10NaO15S9. The largest absolute Gasteiger partial charge is 1.00 e. The Morgan fingerprint density at radius 2 is 1.04 bits per heavy atom. The molecule has 41 heteroatoms. The molecule has 0 unspecified atom stereocenters. The summed E-state index contributed by atoms with van der Waals surface area (Å²) in [6, 6.07) is 19.7. The minimum Gasteiger partial charge on any atom is 1.00 e. The van der Waals surface area contributed by atoms with E-state index in [9.17, 15) is 47.8 Å². The van der Waals surface area contributed by atoms with Crippen LogP contribution >= 0.6 is 125 Å². The number of anilines is 1. The third-order valence-electron chi connectivity index (χ3n) is 11.5. The smallest absolute Gasteiger partial charge is 1.00 e. The van der Waals surface area contributed by atoms with Crippen LogP contribution in [0.1, 0.15) is 64.2 Å². The van der Waals surface area contributed by atoms with Gasteiger partial charge in [-0.3, -0.25) is 39.4 Å². The first-order valence-corrected chi connectivity index (χ1v) is 35.1. The Morgan fingerprint density at radius 1 is 0.670 bits per heavy atom. The van der Waals surface area contributed by atoms with Crippen LogP contribution < -0.4 is 35.3 Å². The van der Waals surface area contributed by atoms with Gasteiger partial charge in [-0.25, -0.2) is 0 Å². The van der Waals surface area contributed by atoms with Gasteiger partial charge in [0.2, 0.25) is 6.29 Å². The summed E-state index contributed by atoms with van der Waals surface area (Å²) in [5.41, 5.74) is 10.1. The monoisotopic (exact) mass is 1570 g/mol. The van der Waals surface area contributed by atoms with E-state index in [4.69, 9.17) is 80.3 Å². The van der Waals surface area contributed by atoms with Crippen molar-refractivity contribution in [2.45, 2.75) is 92.0 Å². The number of hydrogen-bond donors (Lipinski definition) is 1. The zero-order chi connectivity index (χ0) is 68.8. The third kappa shape index (κ3) is 26.0. The molecule has 0 bridgehead atoms. The van der Waals surface area contributed by atoms with Gasteiger partial charge in [0, 0.05) is 79.2 Å². The van der Waals surface area contributed by atoms with Crippen LogP contribution in [0.4, 0.5) is 29.5 Å². The number of fused-ring (bicyclic) bond motifs is 3. The van der Waals surface area contributed by atoms with E-state index in [1.807, 2.05) is 39.7 Å². The number of alkyl halides is 3. The molecule has 505 valence electrons. The van der Waals surface area contributed by atoms with Gasteiger partial charge in [0.15, 0.2) is 28.8 Å². The van der Waals surface area contributed by atoms with Crippen molar-refractivity contribution in [2.24, 2.45) is 5.34 Å². The summed E-state index contributed by atoms with van der Waals surface area (Å²) in [7, 11) is 9.34. The van der Waals surface area contributed by atoms with E-state index in [1.165, 1.54) is 91.1 Å². The number of aromatic nitrogens is 6. The number of rotatable bonds is 20. The van der Waals surface area contributed by atoms with Crippen LogP contribution in [-0.2, 0) is 66.2 Å². The molecule has 0 aliphatic rings. The van der Waals surface area contributed by atoms with Crippen molar-refractivity contribution < 1.29 is 108 Å². The number of benzene rings is 2. The Labute approximate surface area is 608 Å². The molecule has 2 N–H and O–H groups in total. The number of furan rings is 2. The van der Waals surface area contributed by atoms with Gasteiger partial charge in [0.25, 0.3) is 11.4 Å². The topological polar surface area (TPSA) is 340 Å². The minimum absolute atomic E-state index is 0. The number of nitro benzene ring substituents is 2. The Bertz CT molecular complexity index is 4120. The predicted octanol–water partition coefficient (Wildman–Crippen LogP) is 14.7. The number of ether oxygens (including phenoxy) is 3. The Morgan fingerprint density at radius 3 is 1.45 bits per heavy atom. The van der Waals surface area contributed by atoms with Gasteiger partial charge >= 0.3 is 87.0 Å². The number of non-ortho nitro benzene ring substituents is 2. The van der Waals surface area contributed by atoms with Crippen LogP contribution in [0, 0.1) is 49.1 Å². The number of nitrogen functional groups attached to an aromatic ring is 1. The van der Waals surface area contributed by atoms with Crippen molar-refractivity contribution in [3.05, 3.63) is 126 Å². The standard InChI is InChI=1S/C20H17N3O5S3.C11H14N2O2S3.C10H13N3O2S3.C10H7NO3.C2HF3O.2ClH.Cu.HNO2.Na/c1-2-27-16(24)4-3-11-22-19-18(30-20(22)29)17(31-21-19)15-10-9-14(28-15)12-5-7-13(8-6-12)23(25)26;1-3-15-8(14)5-4-6-13-10-9(17-11(13)16)7(2)18-12-10;1-2-15-6(14)4-3-5-13-9-7(17-10(13)16)8(11)18-12-9;12-11(13)9-5-3-8(4-6-9)10-2-1-7-14-10;3-2(4,5)1-6;;;;2-1-3;/h5-10H,2-4,11H2,1H3;3-6H2,1-2H3;2-5,11H2,1H3;1-7H;1H;2*1H;;(H,2,3);/q;;;;;;;+2;;+1/p-3. The molecule has 0 spiro atoms. The Hall–Kier alpha value is -5.81. The van der Waals surface area contributed by atoms with Crippen LogP contribution in [0.15, 0.2) is 93.2 Å². The molecule has 10 rings (SSSR count). The Balaban J connectivity index is 0.000000319. The number of nitrogens with two attached hydrogens (primary N) is 1. The molecule has 0 fully saturated rings. The van der Waals surface area contributed by atoms with Gasteiger partial charge in [-0.05, 0) is 167 Å². The molecular weight excluding hydrogens is 1520 g/mol. The number of halogens is 5. The molecule has 0 amide bonds. The fourth-order valence-corrected chi connectivity index (χ4v) is 14.2. The number of nitro groups is 2. The second-order valence-corrected chi connectivity index (χ2v) is 26.6. The van der Waals surface area contributed by atoms with Crippen LogP contribution in [-0.4, -0.2) is 86.9 Å². The molecule has 0 radical (unpaired) electrons. The maximum atomic E-state index is 11.6. The Kier molecular flexibility index (Phi) is 37.4. The molecule has 25 nitrogen and oxygen atoms in total. The van der Waals surface area contributed by atoms with Crippen LogP contribution in [0.5, 0.6) is 0 Å². The minimum atomic E-state index is -4.64. The number of thiazole rings is 3. The number of esters is 3. The summed E-state index contributed by atoms with van der Waals surface area (Å²) >= 11 is 25.5. The molecule has 0 aliphatic heterocycles. The molecule has 0 saturated carbocycles. The average Bonchev–Trinajstić information content (AvgIpc) is 1.68. The van der Waals surface area contributed by atoms with Gasteiger partial charge in [-0.2, -0.15) is 26.3 Å². The van der Waals surface area contributed by atoms with Crippen molar-refractivity contribution in [3.63, 3.8) is 0 Å². The zero-order valence-corrected chi connectivity index (χ0v) is 61.5. The summed E-state index contributed by atoms with van der Waals surface area (Å²) in [6.45, 7) is 10.7. The molecule has 0 saturated heterocycles. The quantitative estimate of drug-likeness (QED) is 0.0108. The van der Waals surface area contributed by atoms with Crippen molar-refractivity contribution in [2.75, 3.05) is 25.6 Å².